The van der Waals surface area contributed by atoms with E-state index in [0.717, 1.165) is 30.3 Å². The molecule has 6 nitrogen and oxygen atoms in total. The quantitative estimate of drug-likeness (QED) is 0.588. The molecule has 3 aromatic rings. The number of aromatic nitrogens is 3. The Balaban J connectivity index is 1.52. The predicted molar refractivity (Wildman–Crippen MR) is 120 cm³/mol. The predicted octanol–water partition coefficient (Wildman–Crippen LogP) is 4.66. The summed E-state index contributed by atoms with van der Waals surface area (Å²) in [6, 6.07) is 11.2. The molecular weight excluding hydrogens is 421 g/mol. The Hall–Kier alpha value is -2.57. The number of carbonyl (C=O) groups excluding carboxylic acids is 1. The fraction of sp³-hybridized carbons (Fsp3) is 0.318. The van der Waals surface area contributed by atoms with Gasteiger partial charge >= 0.3 is 0 Å². The highest BCUT2D eigenvalue weighted by Gasteiger charge is 2.28. The number of pyridine rings is 1. The van der Waals surface area contributed by atoms with Crippen LogP contribution < -0.4 is 4.90 Å². The van der Waals surface area contributed by atoms with Crippen molar-refractivity contribution >= 4 is 34.9 Å². The molecular formula is C22H23Cl2N5O. The summed E-state index contributed by atoms with van der Waals surface area (Å²) < 4.78 is 1.84. The minimum atomic E-state index is 0.0163. The molecule has 1 amide bonds. The first-order chi connectivity index (χ1) is 14.4. The van der Waals surface area contributed by atoms with Gasteiger partial charge < -0.3 is 9.80 Å². The van der Waals surface area contributed by atoms with E-state index in [1.165, 1.54) is 0 Å². The Morgan fingerprint density at radius 1 is 0.933 bits per heavy atom. The van der Waals surface area contributed by atoms with Gasteiger partial charge in [-0.15, -0.1) is 0 Å². The Labute approximate surface area is 186 Å². The first kappa shape index (κ1) is 20.7. The number of hydrogen-bond donors (Lipinski definition) is 0. The van der Waals surface area contributed by atoms with E-state index in [9.17, 15) is 4.79 Å². The molecule has 0 radical (unpaired) electrons. The van der Waals surface area contributed by atoms with Crippen molar-refractivity contribution in [3.05, 3.63) is 70.1 Å². The van der Waals surface area contributed by atoms with Gasteiger partial charge in [0.15, 0.2) is 0 Å². The molecule has 156 valence electrons. The molecule has 2 aromatic heterocycles. The third-order valence-electron chi connectivity index (χ3n) is 5.26. The zero-order valence-electron chi connectivity index (χ0n) is 16.9. The van der Waals surface area contributed by atoms with Crippen LogP contribution in [-0.2, 0) is 0 Å². The zero-order valence-corrected chi connectivity index (χ0v) is 18.4. The SMILES string of the molecule is CC(C)c1c(C(=O)N2CCN(c3ccc(Cl)cn3)CC2)cnn1-c1ccc(Cl)cc1. The molecule has 0 bridgehead atoms. The largest absolute Gasteiger partial charge is 0.353 e. The van der Waals surface area contributed by atoms with Crippen LogP contribution in [0.2, 0.25) is 10.0 Å². The number of rotatable bonds is 4. The standard InChI is InChI=1S/C22H23Cl2N5O/c1-15(2)21-19(14-26-29(21)18-6-3-16(23)4-7-18)22(30)28-11-9-27(10-12-28)20-8-5-17(24)13-25-20/h3-8,13-15H,9-12H2,1-2H3. The molecule has 3 heterocycles. The Morgan fingerprint density at radius 2 is 1.60 bits per heavy atom. The van der Waals surface area contributed by atoms with E-state index >= 15 is 0 Å². The average Bonchev–Trinajstić information content (AvgIpc) is 3.20. The van der Waals surface area contributed by atoms with Gasteiger partial charge in [0, 0.05) is 37.4 Å². The number of piperazine rings is 1. The third kappa shape index (κ3) is 4.16. The van der Waals surface area contributed by atoms with Crippen molar-refractivity contribution in [2.45, 2.75) is 19.8 Å². The topological polar surface area (TPSA) is 54.3 Å². The summed E-state index contributed by atoms with van der Waals surface area (Å²) in [6.07, 6.45) is 3.33. The normalized spacial score (nSPS) is 14.4. The Kier molecular flexibility index (Phi) is 5.97. The van der Waals surface area contributed by atoms with Gasteiger partial charge in [0.1, 0.15) is 5.82 Å². The van der Waals surface area contributed by atoms with Crippen molar-refractivity contribution in [3.63, 3.8) is 0 Å². The van der Waals surface area contributed by atoms with Crippen molar-refractivity contribution in [1.82, 2.24) is 19.7 Å². The number of nitrogens with zero attached hydrogens (tertiary/aromatic N) is 5. The van der Waals surface area contributed by atoms with E-state index in [1.807, 2.05) is 46.0 Å². The van der Waals surface area contributed by atoms with Gasteiger partial charge in [-0.2, -0.15) is 5.10 Å². The van der Waals surface area contributed by atoms with Crippen molar-refractivity contribution in [2.24, 2.45) is 0 Å². The van der Waals surface area contributed by atoms with Crippen molar-refractivity contribution in [1.29, 1.82) is 0 Å². The van der Waals surface area contributed by atoms with Crippen molar-refractivity contribution in [3.8, 4) is 5.69 Å². The van der Waals surface area contributed by atoms with Gasteiger partial charge in [0.05, 0.1) is 28.2 Å². The molecule has 30 heavy (non-hydrogen) atoms. The number of amides is 1. The lowest BCUT2D eigenvalue weighted by atomic mass is 10.0. The number of benzene rings is 1. The van der Waals surface area contributed by atoms with Crippen molar-refractivity contribution in [2.75, 3.05) is 31.1 Å². The number of anilines is 1. The Morgan fingerprint density at radius 3 is 2.20 bits per heavy atom. The molecule has 0 N–H and O–H groups in total. The van der Waals surface area contributed by atoms with E-state index in [0.29, 0.717) is 28.7 Å². The van der Waals surface area contributed by atoms with E-state index in [1.54, 1.807) is 12.4 Å². The highest BCUT2D eigenvalue weighted by atomic mass is 35.5. The maximum atomic E-state index is 13.3. The van der Waals surface area contributed by atoms with Crippen LogP contribution in [-0.4, -0.2) is 51.8 Å². The minimum absolute atomic E-state index is 0.0163. The summed E-state index contributed by atoms with van der Waals surface area (Å²) in [5.41, 5.74) is 2.45. The van der Waals surface area contributed by atoms with Crippen LogP contribution in [0.5, 0.6) is 0 Å². The lowest BCUT2D eigenvalue weighted by Crippen LogP contribution is -2.49. The van der Waals surface area contributed by atoms with Crippen LogP contribution >= 0.6 is 23.2 Å². The molecule has 0 saturated carbocycles. The first-order valence-electron chi connectivity index (χ1n) is 9.93. The van der Waals surface area contributed by atoms with Gasteiger partial charge in [-0.05, 0) is 42.3 Å². The van der Waals surface area contributed by atoms with Crippen LogP contribution in [0.4, 0.5) is 5.82 Å². The highest BCUT2D eigenvalue weighted by molar-refractivity contribution is 6.30. The molecule has 1 fully saturated rings. The molecule has 1 saturated heterocycles. The summed E-state index contributed by atoms with van der Waals surface area (Å²) in [5.74, 6) is 1.04. The van der Waals surface area contributed by atoms with Crippen LogP contribution in [0, 0.1) is 0 Å². The van der Waals surface area contributed by atoms with Crippen LogP contribution in [0.1, 0.15) is 35.8 Å². The fourth-order valence-electron chi connectivity index (χ4n) is 3.73. The van der Waals surface area contributed by atoms with Gasteiger partial charge in [-0.3, -0.25) is 4.79 Å². The van der Waals surface area contributed by atoms with Crippen LogP contribution in [0.15, 0.2) is 48.8 Å². The summed E-state index contributed by atoms with van der Waals surface area (Å²) in [6.45, 7) is 6.86. The van der Waals surface area contributed by atoms with Crippen molar-refractivity contribution < 1.29 is 4.79 Å². The second-order valence-electron chi connectivity index (χ2n) is 7.60. The molecule has 1 aromatic carbocycles. The van der Waals surface area contributed by atoms with Gasteiger partial charge in [-0.25, -0.2) is 9.67 Å². The van der Waals surface area contributed by atoms with Gasteiger partial charge in [0.2, 0.25) is 0 Å². The van der Waals surface area contributed by atoms with Gasteiger partial charge in [-0.1, -0.05) is 37.0 Å². The lowest BCUT2D eigenvalue weighted by molar-refractivity contribution is 0.0745. The molecule has 0 spiro atoms. The van der Waals surface area contributed by atoms with E-state index < -0.39 is 0 Å². The smallest absolute Gasteiger partial charge is 0.257 e. The summed E-state index contributed by atoms with van der Waals surface area (Å²) in [4.78, 5) is 21.7. The molecule has 0 aliphatic carbocycles. The van der Waals surface area contributed by atoms with E-state index in [-0.39, 0.29) is 11.8 Å². The number of hydrogen-bond acceptors (Lipinski definition) is 4. The molecule has 0 atom stereocenters. The molecule has 1 aliphatic heterocycles. The van der Waals surface area contributed by atoms with E-state index in [2.05, 4.69) is 28.8 Å². The fourth-order valence-corrected chi connectivity index (χ4v) is 3.97. The molecule has 1 aliphatic rings. The molecule has 0 unspecified atom stereocenters. The number of carbonyl (C=O) groups is 1. The maximum absolute atomic E-state index is 13.3. The highest BCUT2D eigenvalue weighted by Crippen LogP contribution is 2.26. The lowest BCUT2D eigenvalue weighted by Gasteiger charge is -2.35. The maximum Gasteiger partial charge on any atom is 0.257 e. The number of halogens is 2. The second-order valence-corrected chi connectivity index (χ2v) is 8.47. The van der Waals surface area contributed by atoms with E-state index in [4.69, 9.17) is 23.2 Å². The molecule has 8 heteroatoms. The van der Waals surface area contributed by atoms with Crippen LogP contribution in [0.3, 0.4) is 0 Å². The minimum Gasteiger partial charge on any atom is -0.353 e. The third-order valence-corrected chi connectivity index (χ3v) is 5.73. The second kappa shape index (κ2) is 8.66. The summed E-state index contributed by atoms with van der Waals surface area (Å²) in [5, 5.41) is 5.80. The molecule has 4 rings (SSSR count). The average molecular weight is 444 g/mol. The van der Waals surface area contributed by atoms with Crippen LogP contribution in [0.25, 0.3) is 5.69 Å². The summed E-state index contributed by atoms with van der Waals surface area (Å²) in [7, 11) is 0. The first-order valence-corrected chi connectivity index (χ1v) is 10.7. The summed E-state index contributed by atoms with van der Waals surface area (Å²) >= 11 is 11.9. The van der Waals surface area contributed by atoms with Gasteiger partial charge in [0.25, 0.3) is 5.91 Å². The Bertz CT molecular complexity index is 1020. The monoisotopic (exact) mass is 443 g/mol. The zero-order chi connectivity index (χ0) is 21.3.